The van der Waals surface area contributed by atoms with Gasteiger partial charge < -0.3 is 34.6 Å². The number of nitrogens with one attached hydrogen (secondary N) is 1. The van der Waals surface area contributed by atoms with E-state index in [-0.39, 0.29) is 59.9 Å². The molecule has 0 aliphatic carbocycles. The van der Waals surface area contributed by atoms with Gasteiger partial charge in [0.15, 0.2) is 5.96 Å². The van der Waals surface area contributed by atoms with Crippen molar-refractivity contribution in [3.63, 3.8) is 0 Å². The zero-order valence-electron chi connectivity index (χ0n) is 31.2. The summed E-state index contributed by atoms with van der Waals surface area (Å²) < 4.78 is 10.9. The lowest BCUT2D eigenvalue weighted by Gasteiger charge is -2.46. The number of carbonyl (C=O) groups excluding carboxylic acids is 3. The minimum atomic E-state index is -0.868. The molecule has 57 heavy (non-hydrogen) atoms. The molecule has 0 bridgehead atoms. The largest absolute Gasteiger partial charge is 0.456 e. The first-order chi connectivity index (χ1) is 27.4. The van der Waals surface area contributed by atoms with Crippen LogP contribution in [-0.4, -0.2) is 97.2 Å². The van der Waals surface area contributed by atoms with Crippen molar-refractivity contribution >= 4 is 47.1 Å². The van der Waals surface area contributed by atoms with Crippen molar-refractivity contribution in [3.05, 3.63) is 126 Å². The molecule has 17 nitrogen and oxygen atoms in total. The summed E-state index contributed by atoms with van der Waals surface area (Å²) in [6, 6.07) is 19.1. The predicted octanol–water partition coefficient (Wildman–Crippen LogP) is 4.33. The fourth-order valence-electron chi connectivity index (χ4n) is 7.45. The number of nitro benzene ring substituents is 2. The van der Waals surface area contributed by atoms with E-state index in [0.29, 0.717) is 37.3 Å². The molecule has 0 unspecified atom stereocenters. The van der Waals surface area contributed by atoms with Crippen LogP contribution in [0.25, 0.3) is 0 Å². The second-order valence-electron chi connectivity index (χ2n) is 14.4. The van der Waals surface area contributed by atoms with E-state index in [4.69, 9.17) is 14.5 Å². The smallest absolute Gasteiger partial charge is 0.407 e. The van der Waals surface area contributed by atoms with Crippen LogP contribution in [-0.2, 0) is 45.4 Å². The first-order valence-corrected chi connectivity index (χ1v) is 19.3. The zero-order valence-corrected chi connectivity index (χ0v) is 32.0. The highest BCUT2D eigenvalue weighted by atomic mass is 32.2. The highest BCUT2D eigenvalue weighted by molar-refractivity contribution is 8.03. The molecule has 4 heterocycles. The minimum Gasteiger partial charge on any atom is -0.456 e. The highest BCUT2D eigenvalue weighted by Crippen LogP contribution is 2.52. The van der Waals surface area contributed by atoms with Crippen molar-refractivity contribution in [2.24, 2.45) is 16.8 Å². The number of fused-ring (bicyclic) bond motifs is 1. The molecule has 298 valence electrons. The Morgan fingerprint density at radius 3 is 2.05 bits per heavy atom. The van der Waals surface area contributed by atoms with Crippen LogP contribution in [0.3, 0.4) is 0 Å². The fourth-order valence-corrected chi connectivity index (χ4v) is 8.96. The van der Waals surface area contributed by atoms with Crippen molar-refractivity contribution in [1.82, 2.24) is 20.0 Å². The van der Waals surface area contributed by atoms with Crippen LogP contribution in [0.1, 0.15) is 36.1 Å². The van der Waals surface area contributed by atoms with Crippen molar-refractivity contribution in [2.75, 3.05) is 26.2 Å². The van der Waals surface area contributed by atoms with Crippen LogP contribution in [0.4, 0.5) is 16.2 Å². The summed E-state index contributed by atoms with van der Waals surface area (Å²) in [6.45, 7) is 7.14. The van der Waals surface area contributed by atoms with Gasteiger partial charge in [-0.25, -0.2) is 9.59 Å². The minimum absolute atomic E-state index is 0.0101. The number of benzene rings is 3. The number of rotatable bonds is 14. The summed E-state index contributed by atoms with van der Waals surface area (Å²) in [6.07, 6.45) is -1.47. The van der Waals surface area contributed by atoms with Crippen molar-refractivity contribution < 1.29 is 38.8 Å². The number of carbonyl (C=O) groups is 3. The molecule has 0 radical (unpaired) electrons. The molecule has 4 atom stereocenters. The van der Waals surface area contributed by atoms with Gasteiger partial charge in [-0.3, -0.25) is 30.0 Å². The van der Waals surface area contributed by atoms with E-state index in [1.165, 1.54) is 41.3 Å². The molecule has 0 aromatic heterocycles. The van der Waals surface area contributed by atoms with Crippen LogP contribution in [0, 0.1) is 32.1 Å². The number of esters is 1. The van der Waals surface area contributed by atoms with Gasteiger partial charge in [0.1, 0.15) is 18.9 Å². The molecule has 2 N–H and O–H groups in total. The molecular formula is C39H41N7O10S. The number of β-lactam (4-membered cyclic amide) rings is 1. The number of aliphatic hydroxyl groups is 1. The molecular weight excluding hydrogens is 759 g/mol. The standard InChI is InChI=1S/C39H41N7O10S/c1-23-33-32(24(2)47)36(48)44(33)34(37(49)55-21-27-7-11-29(12-8-27)45(51)52)35(23)57-31-19-43(20-31)38-40-15-16-42(38)18-26-5-3-25(4-6-26)17-41-39(50)56-22-28-9-13-30(14-10-28)46(53)54/h3-14,23-24,31-33,47H,15-22H2,1-2H3,(H,41,50)/t23-,24-,32-,33-/m1/s1. The second-order valence-corrected chi connectivity index (χ2v) is 15.7. The lowest BCUT2D eigenvalue weighted by Crippen LogP contribution is -2.63. The molecule has 18 heteroatoms. The molecule has 3 aromatic carbocycles. The number of thioether (sulfide) groups is 1. The molecule has 2 amide bonds. The lowest BCUT2D eigenvalue weighted by molar-refractivity contribution is -0.385. The average Bonchev–Trinajstić information content (AvgIpc) is 3.73. The van der Waals surface area contributed by atoms with E-state index in [0.717, 1.165) is 28.5 Å². The average molecular weight is 800 g/mol. The number of guanidine groups is 1. The second kappa shape index (κ2) is 16.6. The zero-order chi connectivity index (χ0) is 40.4. The molecule has 0 spiro atoms. The number of ether oxygens (including phenoxy) is 2. The van der Waals surface area contributed by atoms with E-state index in [1.54, 1.807) is 30.8 Å². The van der Waals surface area contributed by atoms with Gasteiger partial charge in [-0.2, -0.15) is 0 Å². The predicted molar refractivity (Wildman–Crippen MR) is 207 cm³/mol. The van der Waals surface area contributed by atoms with Crippen LogP contribution >= 0.6 is 11.8 Å². The summed E-state index contributed by atoms with van der Waals surface area (Å²) in [7, 11) is 0. The summed E-state index contributed by atoms with van der Waals surface area (Å²) >= 11 is 1.56. The monoisotopic (exact) mass is 799 g/mol. The molecule has 3 aromatic rings. The van der Waals surface area contributed by atoms with E-state index < -0.39 is 33.9 Å². The first-order valence-electron chi connectivity index (χ1n) is 18.5. The number of alkyl carbamates (subject to hydrolysis) is 1. The van der Waals surface area contributed by atoms with Gasteiger partial charge in [-0.05, 0) is 53.4 Å². The van der Waals surface area contributed by atoms with Crippen LogP contribution in [0.15, 0.2) is 88.4 Å². The van der Waals surface area contributed by atoms with Gasteiger partial charge in [0.05, 0.1) is 34.5 Å². The van der Waals surface area contributed by atoms with E-state index in [1.807, 2.05) is 31.2 Å². The Balaban J connectivity index is 0.911. The molecule has 2 saturated heterocycles. The number of nitrogens with zero attached hydrogens (tertiary/aromatic N) is 6. The van der Waals surface area contributed by atoms with Crippen molar-refractivity contribution in [1.29, 1.82) is 0 Å². The van der Waals surface area contributed by atoms with Crippen LogP contribution in [0.5, 0.6) is 0 Å². The van der Waals surface area contributed by atoms with Crippen LogP contribution < -0.4 is 5.32 Å². The Kier molecular flexibility index (Phi) is 11.4. The summed E-state index contributed by atoms with van der Waals surface area (Å²) in [4.78, 5) is 71.3. The Hall–Kier alpha value is -6.01. The maximum Gasteiger partial charge on any atom is 0.407 e. The van der Waals surface area contributed by atoms with Gasteiger partial charge in [0.2, 0.25) is 5.91 Å². The summed E-state index contributed by atoms with van der Waals surface area (Å²) in [5.74, 6) is -0.855. The fraction of sp³-hybridized carbons (Fsp3) is 0.385. The highest BCUT2D eigenvalue weighted by Gasteiger charge is 2.60. The number of hydrogen-bond acceptors (Lipinski definition) is 14. The number of aliphatic hydroxyl groups excluding tert-OH is 1. The quantitative estimate of drug-likeness (QED) is 0.101. The Labute approximate surface area is 331 Å². The Morgan fingerprint density at radius 1 is 0.912 bits per heavy atom. The third-order valence-corrected chi connectivity index (χ3v) is 12.0. The van der Waals surface area contributed by atoms with E-state index >= 15 is 0 Å². The van der Waals surface area contributed by atoms with Crippen molar-refractivity contribution in [2.45, 2.75) is 57.5 Å². The molecule has 4 aliphatic heterocycles. The topological polar surface area (TPSA) is 210 Å². The number of amides is 2. The summed E-state index contributed by atoms with van der Waals surface area (Å²) in [5.41, 5.74) is 3.27. The molecule has 7 rings (SSSR count). The van der Waals surface area contributed by atoms with Crippen molar-refractivity contribution in [3.8, 4) is 0 Å². The third-order valence-electron chi connectivity index (χ3n) is 10.5. The Morgan fingerprint density at radius 2 is 1.47 bits per heavy atom. The molecule has 0 saturated carbocycles. The van der Waals surface area contributed by atoms with E-state index in [9.17, 15) is 39.7 Å². The normalized spacial score (nSPS) is 20.7. The van der Waals surface area contributed by atoms with Gasteiger partial charge in [-0.1, -0.05) is 31.2 Å². The van der Waals surface area contributed by atoms with Gasteiger partial charge in [0.25, 0.3) is 11.4 Å². The van der Waals surface area contributed by atoms with Gasteiger partial charge in [-0.15, -0.1) is 11.8 Å². The maximum atomic E-state index is 13.6. The third kappa shape index (κ3) is 8.41. The summed E-state index contributed by atoms with van der Waals surface area (Å²) in [5, 5.41) is 35.1. The SMILES string of the molecule is C[C@@H](O)[C@H]1C(=O)N2C(C(=O)OCc3ccc([N+](=O)[O-])cc3)=C(SC3CN(C4=NCCN4Cc4ccc(CNC(=O)OCc5ccc([N+](=O)[O-])cc5)cc4)C3)[C@H](C)[C@H]12. The number of aliphatic imine (C=N–C) groups is 1. The number of nitro groups is 2. The number of non-ortho nitro benzene ring substituents is 2. The Bertz CT molecular complexity index is 2100. The maximum absolute atomic E-state index is 13.6. The first kappa shape index (κ1) is 39.2. The lowest BCUT2D eigenvalue weighted by atomic mass is 9.79. The van der Waals surface area contributed by atoms with Gasteiger partial charge >= 0.3 is 12.1 Å². The molecule has 2 fully saturated rings. The number of hydrogen-bond donors (Lipinski definition) is 2. The van der Waals surface area contributed by atoms with E-state index in [2.05, 4.69) is 15.1 Å². The van der Waals surface area contributed by atoms with Crippen LogP contribution in [0.2, 0.25) is 0 Å². The number of likely N-dealkylation sites (tertiary alicyclic amines) is 1. The van der Waals surface area contributed by atoms with Gasteiger partial charge in [0, 0.05) is 73.1 Å². The molecule has 4 aliphatic rings.